The Hall–Kier alpha value is -4.82. The fraction of sp³-hybridized carbons (Fsp3) is 0. The van der Waals surface area contributed by atoms with Crippen LogP contribution >= 0.6 is 0 Å². The van der Waals surface area contributed by atoms with E-state index in [9.17, 15) is 0 Å². The van der Waals surface area contributed by atoms with Crippen LogP contribution in [0.1, 0.15) is 5.56 Å². The Morgan fingerprint density at radius 3 is 2.00 bits per heavy atom. The van der Waals surface area contributed by atoms with E-state index in [1.54, 1.807) is 0 Å². The molecule has 5 aromatic rings. The summed E-state index contributed by atoms with van der Waals surface area (Å²) >= 11 is 0. The normalized spacial score (nSPS) is 11.5. The molecule has 5 aromatic carbocycles. The zero-order valence-corrected chi connectivity index (χ0v) is 20.1. The second kappa shape index (κ2) is 11.1. The van der Waals surface area contributed by atoms with Crippen molar-refractivity contribution in [3.8, 4) is 0 Å². The molecule has 0 bridgehead atoms. The van der Waals surface area contributed by atoms with E-state index in [2.05, 4.69) is 114 Å². The van der Waals surface area contributed by atoms with Crippen molar-refractivity contribution in [1.29, 1.82) is 0 Å². The van der Waals surface area contributed by atoms with Crippen LogP contribution in [0.25, 0.3) is 16.3 Å². The number of nitrogens with zero attached hydrogens (tertiary/aromatic N) is 1. The molecule has 174 valence electrons. The molecule has 0 spiro atoms. The molecular formula is C34H28N2. The Morgan fingerprint density at radius 2 is 1.25 bits per heavy atom. The minimum absolute atomic E-state index is 0.941. The van der Waals surface area contributed by atoms with Gasteiger partial charge in [0.2, 0.25) is 0 Å². The summed E-state index contributed by atoms with van der Waals surface area (Å²) in [4.78, 5) is 2.30. The van der Waals surface area contributed by atoms with E-state index < -0.39 is 0 Å². The number of nitrogens with one attached hydrogen (secondary N) is 1. The van der Waals surface area contributed by atoms with E-state index in [4.69, 9.17) is 0 Å². The van der Waals surface area contributed by atoms with Gasteiger partial charge in [0.05, 0.1) is 11.4 Å². The van der Waals surface area contributed by atoms with Gasteiger partial charge in [-0.3, -0.25) is 0 Å². The van der Waals surface area contributed by atoms with Gasteiger partial charge in [-0.2, -0.15) is 0 Å². The Kier molecular flexibility index (Phi) is 7.06. The molecule has 0 radical (unpaired) electrons. The topological polar surface area (TPSA) is 15.3 Å². The van der Waals surface area contributed by atoms with Crippen LogP contribution in [0.5, 0.6) is 0 Å². The van der Waals surface area contributed by atoms with E-state index in [-0.39, 0.29) is 0 Å². The van der Waals surface area contributed by atoms with E-state index in [1.807, 2.05) is 54.7 Å². The van der Waals surface area contributed by atoms with Crippen LogP contribution in [0.3, 0.4) is 0 Å². The molecule has 0 heterocycles. The summed E-state index contributed by atoms with van der Waals surface area (Å²) in [5.41, 5.74) is 6.23. The summed E-state index contributed by atoms with van der Waals surface area (Å²) in [6.07, 6.45) is 6.12. The fourth-order valence-electron chi connectivity index (χ4n) is 4.30. The van der Waals surface area contributed by atoms with Crippen LogP contribution in [-0.2, 0) is 0 Å². The van der Waals surface area contributed by atoms with E-state index in [0.717, 1.165) is 33.9 Å². The summed E-state index contributed by atoms with van der Waals surface area (Å²) < 4.78 is 0. The number of anilines is 3. The third-order valence-corrected chi connectivity index (χ3v) is 6.07. The lowest BCUT2D eigenvalue weighted by molar-refractivity contribution is 1.23. The highest BCUT2D eigenvalue weighted by molar-refractivity contribution is 5.99. The predicted molar refractivity (Wildman–Crippen MR) is 155 cm³/mol. The van der Waals surface area contributed by atoms with Crippen molar-refractivity contribution >= 4 is 33.4 Å². The van der Waals surface area contributed by atoms with Crippen LogP contribution in [0.15, 0.2) is 164 Å². The maximum atomic E-state index is 4.55. The number of allylic oxidation sites excluding steroid dienone is 3. The first-order valence-electron chi connectivity index (χ1n) is 12.1. The Bertz CT molecular complexity index is 1500. The van der Waals surface area contributed by atoms with Gasteiger partial charge in [0.15, 0.2) is 0 Å². The third-order valence-electron chi connectivity index (χ3n) is 6.07. The zero-order chi connectivity index (χ0) is 24.6. The smallest absolute Gasteiger partial charge is 0.0540 e. The molecule has 0 fully saturated rings. The van der Waals surface area contributed by atoms with Gasteiger partial charge in [0.1, 0.15) is 0 Å². The first kappa shape index (κ1) is 22.9. The van der Waals surface area contributed by atoms with Crippen LogP contribution in [0, 0.1) is 0 Å². The predicted octanol–water partition coefficient (Wildman–Crippen LogP) is 9.20. The minimum atomic E-state index is 0.941. The van der Waals surface area contributed by atoms with E-state index in [0.29, 0.717) is 0 Å². The van der Waals surface area contributed by atoms with Crippen molar-refractivity contribution in [3.05, 3.63) is 170 Å². The molecule has 0 atom stereocenters. The Labute approximate surface area is 213 Å². The van der Waals surface area contributed by atoms with Gasteiger partial charge < -0.3 is 10.2 Å². The van der Waals surface area contributed by atoms with E-state index in [1.165, 1.54) is 10.8 Å². The van der Waals surface area contributed by atoms with Crippen molar-refractivity contribution in [2.75, 3.05) is 10.2 Å². The third kappa shape index (κ3) is 5.13. The minimum Gasteiger partial charge on any atom is -0.362 e. The molecule has 0 saturated carbocycles. The van der Waals surface area contributed by atoms with Gasteiger partial charge in [-0.15, -0.1) is 0 Å². The Morgan fingerprint density at radius 1 is 0.639 bits per heavy atom. The molecule has 0 aliphatic carbocycles. The van der Waals surface area contributed by atoms with Gasteiger partial charge >= 0.3 is 0 Å². The second-order valence-corrected chi connectivity index (χ2v) is 8.44. The largest absolute Gasteiger partial charge is 0.362 e. The lowest BCUT2D eigenvalue weighted by Gasteiger charge is -2.30. The van der Waals surface area contributed by atoms with Crippen molar-refractivity contribution in [2.45, 2.75) is 0 Å². The standard InChI is InChI=1S/C34H28N2/c1-27(28-15-5-2-6-16-28)33(25-14-26-35-30-19-7-3-8-20-30)36(31-21-9-4-10-22-31)34-24-13-18-29-17-11-12-23-32(29)34/h2-26,35H,1H2/b26-14-,33-25+. The summed E-state index contributed by atoms with van der Waals surface area (Å²) in [7, 11) is 0. The molecule has 2 heteroatoms. The highest BCUT2D eigenvalue weighted by Crippen LogP contribution is 2.39. The maximum Gasteiger partial charge on any atom is 0.0540 e. The van der Waals surface area contributed by atoms with Crippen LogP contribution < -0.4 is 10.2 Å². The zero-order valence-electron chi connectivity index (χ0n) is 20.1. The molecule has 2 nitrogen and oxygen atoms in total. The highest BCUT2D eigenvalue weighted by atomic mass is 15.2. The van der Waals surface area contributed by atoms with Gasteiger partial charge in [0.25, 0.3) is 0 Å². The molecule has 0 aliphatic rings. The highest BCUT2D eigenvalue weighted by Gasteiger charge is 2.19. The summed E-state index contributed by atoms with van der Waals surface area (Å²) in [6.45, 7) is 4.55. The quantitative estimate of drug-likeness (QED) is 0.230. The fourth-order valence-corrected chi connectivity index (χ4v) is 4.30. The second-order valence-electron chi connectivity index (χ2n) is 8.44. The van der Waals surface area contributed by atoms with Gasteiger partial charge in [-0.05, 0) is 59.0 Å². The van der Waals surface area contributed by atoms with Crippen molar-refractivity contribution < 1.29 is 0 Å². The number of benzene rings is 5. The Balaban J connectivity index is 1.65. The van der Waals surface area contributed by atoms with Gasteiger partial charge in [0, 0.05) is 23.0 Å². The van der Waals surface area contributed by atoms with Crippen molar-refractivity contribution in [3.63, 3.8) is 0 Å². The summed E-state index contributed by atoms with van der Waals surface area (Å²) in [5, 5.41) is 5.73. The average Bonchev–Trinajstić information content (AvgIpc) is 2.96. The summed E-state index contributed by atoms with van der Waals surface area (Å²) in [5.74, 6) is 0. The van der Waals surface area contributed by atoms with E-state index >= 15 is 0 Å². The monoisotopic (exact) mass is 464 g/mol. The van der Waals surface area contributed by atoms with Crippen molar-refractivity contribution in [2.24, 2.45) is 0 Å². The van der Waals surface area contributed by atoms with Gasteiger partial charge in [-0.1, -0.05) is 110 Å². The molecule has 5 rings (SSSR count). The molecule has 0 unspecified atom stereocenters. The number of hydrogen-bond donors (Lipinski definition) is 1. The molecule has 1 N–H and O–H groups in total. The molecule has 0 aliphatic heterocycles. The molecule has 0 aromatic heterocycles. The molecule has 0 amide bonds. The number of fused-ring (bicyclic) bond motifs is 1. The van der Waals surface area contributed by atoms with Crippen LogP contribution in [0.4, 0.5) is 17.1 Å². The molecule has 36 heavy (non-hydrogen) atoms. The number of rotatable bonds is 8. The lowest BCUT2D eigenvalue weighted by atomic mass is 10.00. The number of hydrogen-bond acceptors (Lipinski definition) is 2. The molecular weight excluding hydrogens is 436 g/mol. The van der Waals surface area contributed by atoms with Crippen LogP contribution in [-0.4, -0.2) is 0 Å². The SMILES string of the molecule is C=C(/C(=C\C=C/Nc1ccccc1)N(c1ccccc1)c1cccc2ccccc12)c1ccccc1. The number of para-hydroxylation sites is 2. The first-order valence-corrected chi connectivity index (χ1v) is 12.1. The maximum absolute atomic E-state index is 4.55. The summed E-state index contributed by atoms with van der Waals surface area (Å²) in [6, 6.07) is 45.9. The molecule has 0 saturated heterocycles. The lowest BCUT2D eigenvalue weighted by Crippen LogP contribution is -2.18. The van der Waals surface area contributed by atoms with Gasteiger partial charge in [-0.25, -0.2) is 0 Å². The van der Waals surface area contributed by atoms with Crippen molar-refractivity contribution in [1.82, 2.24) is 0 Å². The van der Waals surface area contributed by atoms with Crippen LogP contribution in [0.2, 0.25) is 0 Å². The first-order chi connectivity index (χ1) is 17.8. The average molecular weight is 465 g/mol.